The van der Waals surface area contributed by atoms with Crippen LogP contribution in [0.1, 0.15) is 49.1 Å². The van der Waals surface area contributed by atoms with Crippen LogP contribution < -0.4 is 10.6 Å². The lowest BCUT2D eigenvalue weighted by atomic mass is 10.1. The Bertz CT molecular complexity index is 728. The topological polar surface area (TPSA) is 71.8 Å². The van der Waals surface area contributed by atoms with Gasteiger partial charge in [0.2, 0.25) is 5.82 Å². The molecule has 0 aliphatic carbocycles. The fourth-order valence-corrected chi connectivity index (χ4v) is 2.82. The van der Waals surface area contributed by atoms with Crippen LogP contribution in [0.25, 0.3) is 5.69 Å². The zero-order chi connectivity index (χ0) is 17.1. The molecule has 1 saturated heterocycles. The standard InChI is InChI=1S/C17H22FN5O.ClH/c1-11(2)16-21-15(17(24)20-13-6-4-8-19-10-13)22-23(16)14-7-3-5-12(18)9-14;/h3,5,7,9,11,13,19H,4,6,8,10H2,1-2H3,(H,20,24);1H. The van der Waals surface area contributed by atoms with E-state index < -0.39 is 0 Å². The zero-order valence-electron chi connectivity index (χ0n) is 14.3. The van der Waals surface area contributed by atoms with Gasteiger partial charge >= 0.3 is 0 Å². The zero-order valence-corrected chi connectivity index (χ0v) is 15.1. The molecule has 25 heavy (non-hydrogen) atoms. The predicted octanol–water partition coefficient (Wildman–Crippen LogP) is 2.43. The van der Waals surface area contributed by atoms with Crippen LogP contribution in [0.15, 0.2) is 24.3 Å². The molecule has 0 spiro atoms. The largest absolute Gasteiger partial charge is 0.345 e. The number of halogens is 2. The Morgan fingerprint density at radius 3 is 2.88 bits per heavy atom. The number of rotatable bonds is 4. The lowest BCUT2D eigenvalue weighted by Crippen LogP contribution is -2.45. The van der Waals surface area contributed by atoms with Gasteiger partial charge in [0.25, 0.3) is 5.91 Å². The second kappa shape index (κ2) is 8.40. The highest BCUT2D eigenvalue weighted by molar-refractivity contribution is 5.90. The minimum Gasteiger partial charge on any atom is -0.345 e. The fourth-order valence-electron chi connectivity index (χ4n) is 2.82. The number of hydrogen-bond acceptors (Lipinski definition) is 4. The Kier molecular flexibility index (Phi) is 6.50. The average Bonchev–Trinajstić information content (AvgIpc) is 3.01. The predicted molar refractivity (Wildman–Crippen MR) is 96.0 cm³/mol. The molecule has 1 aliphatic heterocycles. The van der Waals surface area contributed by atoms with Crippen molar-refractivity contribution < 1.29 is 9.18 Å². The Morgan fingerprint density at radius 2 is 2.24 bits per heavy atom. The summed E-state index contributed by atoms with van der Waals surface area (Å²) in [5.41, 5.74) is 0.560. The summed E-state index contributed by atoms with van der Waals surface area (Å²) in [6, 6.07) is 6.21. The summed E-state index contributed by atoms with van der Waals surface area (Å²) in [5, 5.41) is 10.5. The Morgan fingerprint density at radius 1 is 1.44 bits per heavy atom. The van der Waals surface area contributed by atoms with Gasteiger partial charge in [-0.05, 0) is 37.6 Å². The molecule has 1 fully saturated rings. The van der Waals surface area contributed by atoms with Crippen LogP contribution in [-0.4, -0.2) is 39.8 Å². The molecule has 8 heteroatoms. The van der Waals surface area contributed by atoms with E-state index in [9.17, 15) is 9.18 Å². The number of hydrogen-bond donors (Lipinski definition) is 2. The van der Waals surface area contributed by atoms with Crippen molar-refractivity contribution in [1.82, 2.24) is 25.4 Å². The van der Waals surface area contributed by atoms with Crippen LogP contribution in [-0.2, 0) is 0 Å². The van der Waals surface area contributed by atoms with E-state index in [0.29, 0.717) is 11.5 Å². The van der Waals surface area contributed by atoms with Gasteiger partial charge in [-0.15, -0.1) is 17.5 Å². The third-order valence-electron chi connectivity index (χ3n) is 4.04. The van der Waals surface area contributed by atoms with E-state index in [1.54, 1.807) is 16.8 Å². The molecule has 1 unspecified atom stereocenters. The first-order valence-corrected chi connectivity index (χ1v) is 8.29. The van der Waals surface area contributed by atoms with Gasteiger partial charge in [-0.1, -0.05) is 19.9 Å². The van der Waals surface area contributed by atoms with E-state index in [2.05, 4.69) is 20.7 Å². The van der Waals surface area contributed by atoms with Crippen LogP contribution in [0.4, 0.5) is 4.39 Å². The first-order valence-electron chi connectivity index (χ1n) is 8.29. The maximum absolute atomic E-state index is 13.5. The number of carbonyl (C=O) groups is 1. The van der Waals surface area contributed by atoms with Gasteiger partial charge in [0.1, 0.15) is 11.6 Å². The molecule has 136 valence electrons. The van der Waals surface area contributed by atoms with Crippen LogP contribution in [0.2, 0.25) is 0 Å². The second-order valence-corrected chi connectivity index (χ2v) is 6.36. The third-order valence-corrected chi connectivity index (χ3v) is 4.04. The maximum atomic E-state index is 13.5. The van der Waals surface area contributed by atoms with Crippen LogP contribution in [0, 0.1) is 5.82 Å². The molecule has 1 aromatic heterocycles. The van der Waals surface area contributed by atoms with Crippen molar-refractivity contribution in [1.29, 1.82) is 0 Å². The van der Waals surface area contributed by atoms with E-state index in [-0.39, 0.29) is 41.9 Å². The summed E-state index contributed by atoms with van der Waals surface area (Å²) in [6.45, 7) is 5.67. The highest BCUT2D eigenvalue weighted by Gasteiger charge is 2.22. The van der Waals surface area contributed by atoms with E-state index in [1.165, 1.54) is 12.1 Å². The van der Waals surface area contributed by atoms with Gasteiger partial charge in [0.15, 0.2) is 0 Å². The summed E-state index contributed by atoms with van der Waals surface area (Å²) in [5.74, 6) is 0.164. The Balaban J connectivity index is 0.00000225. The molecule has 1 aromatic carbocycles. The molecule has 2 heterocycles. The van der Waals surface area contributed by atoms with Crippen molar-refractivity contribution in [2.45, 2.75) is 38.6 Å². The summed E-state index contributed by atoms with van der Waals surface area (Å²) in [6.07, 6.45) is 1.98. The Hall–Kier alpha value is -1.99. The molecule has 2 aromatic rings. The van der Waals surface area contributed by atoms with E-state index in [1.807, 2.05) is 13.8 Å². The average molecular weight is 368 g/mol. The van der Waals surface area contributed by atoms with Gasteiger partial charge in [-0.3, -0.25) is 4.79 Å². The summed E-state index contributed by atoms with van der Waals surface area (Å²) >= 11 is 0. The van der Waals surface area contributed by atoms with E-state index >= 15 is 0 Å². The Labute approximate surface area is 152 Å². The molecule has 0 saturated carbocycles. The van der Waals surface area contributed by atoms with Crippen molar-refractivity contribution >= 4 is 18.3 Å². The number of piperidine rings is 1. The van der Waals surface area contributed by atoms with Gasteiger partial charge in [-0.25, -0.2) is 14.1 Å². The van der Waals surface area contributed by atoms with Crippen LogP contribution in [0.3, 0.4) is 0 Å². The smallest absolute Gasteiger partial charge is 0.291 e. The number of nitrogens with zero attached hydrogens (tertiary/aromatic N) is 3. The molecule has 3 rings (SSSR count). The van der Waals surface area contributed by atoms with E-state index in [4.69, 9.17) is 0 Å². The number of benzene rings is 1. The van der Waals surface area contributed by atoms with Crippen LogP contribution in [0.5, 0.6) is 0 Å². The minimum atomic E-state index is -0.350. The van der Waals surface area contributed by atoms with Crippen LogP contribution >= 0.6 is 12.4 Å². The highest BCUT2D eigenvalue weighted by atomic mass is 35.5. The number of nitrogens with one attached hydrogen (secondary N) is 2. The number of aromatic nitrogens is 3. The van der Waals surface area contributed by atoms with Gasteiger partial charge in [0.05, 0.1) is 5.69 Å². The lowest BCUT2D eigenvalue weighted by Gasteiger charge is -2.23. The number of carbonyl (C=O) groups excluding carboxylic acids is 1. The van der Waals surface area contributed by atoms with Crippen molar-refractivity contribution in [2.24, 2.45) is 0 Å². The summed E-state index contributed by atoms with van der Waals surface area (Å²) in [4.78, 5) is 16.8. The summed E-state index contributed by atoms with van der Waals surface area (Å²) in [7, 11) is 0. The molecule has 2 N–H and O–H groups in total. The van der Waals surface area contributed by atoms with Gasteiger partial charge < -0.3 is 10.6 Å². The monoisotopic (exact) mass is 367 g/mol. The van der Waals surface area contributed by atoms with Gasteiger partial charge in [0, 0.05) is 18.5 Å². The van der Waals surface area contributed by atoms with Gasteiger partial charge in [-0.2, -0.15) is 0 Å². The quantitative estimate of drug-likeness (QED) is 0.870. The molecule has 0 radical (unpaired) electrons. The van der Waals surface area contributed by atoms with Crippen molar-refractivity contribution in [2.75, 3.05) is 13.1 Å². The number of amides is 1. The normalized spacial score (nSPS) is 17.2. The summed E-state index contributed by atoms with van der Waals surface area (Å²) < 4.78 is 15.1. The highest BCUT2D eigenvalue weighted by Crippen LogP contribution is 2.18. The molecule has 6 nitrogen and oxygen atoms in total. The first-order chi connectivity index (χ1) is 11.5. The molecule has 1 aliphatic rings. The lowest BCUT2D eigenvalue weighted by molar-refractivity contribution is 0.0920. The molecule has 0 bridgehead atoms. The fraction of sp³-hybridized carbons (Fsp3) is 0.471. The molecular formula is C17H23ClFN5O. The van der Waals surface area contributed by atoms with Crippen molar-refractivity contribution in [3.8, 4) is 5.69 Å². The first kappa shape index (κ1) is 19.3. The second-order valence-electron chi connectivity index (χ2n) is 6.36. The molecule has 1 amide bonds. The van der Waals surface area contributed by atoms with Crippen molar-refractivity contribution in [3.63, 3.8) is 0 Å². The minimum absolute atomic E-state index is 0. The molecule has 1 atom stereocenters. The SMILES string of the molecule is CC(C)c1nc(C(=O)NC2CCCNC2)nn1-c1cccc(F)c1.Cl. The van der Waals surface area contributed by atoms with E-state index in [0.717, 1.165) is 25.9 Å². The molecular weight excluding hydrogens is 345 g/mol. The third kappa shape index (κ3) is 4.55. The maximum Gasteiger partial charge on any atom is 0.291 e. The van der Waals surface area contributed by atoms with Crippen molar-refractivity contribution in [3.05, 3.63) is 41.7 Å².